The number of nitrogens with zero attached hydrogens (tertiary/aromatic N) is 2. The number of likely N-dealkylation sites (N-methyl/N-ethyl adjacent to an activating group) is 2. The van der Waals surface area contributed by atoms with Gasteiger partial charge in [-0.15, -0.1) is 0 Å². The quantitative estimate of drug-likeness (QED) is 0.491. The molecule has 1 unspecified atom stereocenters. The van der Waals surface area contributed by atoms with Gasteiger partial charge in [0, 0.05) is 30.5 Å². The zero-order valence-corrected chi connectivity index (χ0v) is 21.9. The highest BCUT2D eigenvalue weighted by atomic mass is 16.7. The number of aliphatic hydroxyl groups excluding tert-OH is 1. The first-order chi connectivity index (χ1) is 17.8. The van der Waals surface area contributed by atoms with Gasteiger partial charge in [0.05, 0.1) is 26.2 Å². The molecule has 2 heterocycles. The van der Waals surface area contributed by atoms with Crippen LogP contribution in [-0.4, -0.2) is 87.3 Å². The first-order valence-electron chi connectivity index (χ1n) is 12.8. The molecule has 3 aliphatic rings. The van der Waals surface area contributed by atoms with Crippen LogP contribution in [-0.2, 0) is 16.1 Å². The van der Waals surface area contributed by atoms with Gasteiger partial charge in [0.25, 0.3) is 0 Å². The molecule has 2 aromatic rings. The van der Waals surface area contributed by atoms with Crippen LogP contribution in [0.4, 0.5) is 0 Å². The van der Waals surface area contributed by atoms with Crippen LogP contribution < -0.4 is 14.2 Å². The second kappa shape index (κ2) is 10.4. The molecule has 1 saturated heterocycles. The summed E-state index contributed by atoms with van der Waals surface area (Å²) in [5.74, 6) is 0.672. The van der Waals surface area contributed by atoms with Gasteiger partial charge in [-0.1, -0.05) is 0 Å². The van der Waals surface area contributed by atoms with Crippen molar-refractivity contribution in [2.45, 2.75) is 24.9 Å². The maximum atomic E-state index is 13.2. The monoisotopic (exact) mass is 512 g/mol. The predicted molar refractivity (Wildman–Crippen MR) is 136 cm³/mol. The van der Waals surface area contributed by atoms with Crippen molar-refractivity contribution in [2.75, 3.05) is 61.3 Å². The summed E-state index contributed by atoms with van der Waals surface area (Å²) in [5, 5.41) is 20.4. The topological polar surface area (TPSA) is 101 Å². The summed E-state index contributed by atoms with van der Waals surface area (Å²) in [5.41, 5.74) is 3.26. The lowest BCUT2D eigenvalue weighted by molar-refractivity contribution is -0.141. The summed E-state index contributed by atoms with van der Waals surface area (Å²) in [6, 6.07) is 7.57. The van der Waals surface area contributed by atoms with Crippen molar-refractivity contribution >= 4 is 5.97 Å². The fourth-order valence-electron chi connectivity index (χ4n) is 6.03. The average Bonchev–Trinajstić information content (AvgIpc) is 3.50. The van der Waals surface area contributed by atoms with Crippen molar-refractivity contribution in [3.05, 3.63) is 46.5 Å². The van der Waals surface area contributed by atoms with Crippen LogP contribution >= 0.6 is 0 Å². The van der Waals surface area contributed by atoms with Gasteiger partial charge < -0.3 is 39.0 Å². The molecule has 0 amide bonds. The van der Waals surface area contributed by atoms with E-state index < -0.39 is 5.92 Å². The van der Waals surface area contributed by atoms with E-state index in [-0.39, 0.29) is 48.6 Å². The lowest BCUT2D eigenvalue weighted by Crippen LogP contribution is -2.37. The van der Waals surface area contributed by atoms with Gasteiger partial charge in [-0.05, 0) is 81.0 Å². The summed E-state index contributed by atoms with van der Waals surface area (Å²) in [7, 11) is 7.74. The maximum Gasteiger partial charge on any atom is 0.310 e. The summed E-state index contributed by atoms with van der Waals surface area (Å²) >= 11 is 0. The molecule has 37 heavy (non-hydrogen) atoms. The van der Waals surface area contributed by atoms with Crippen LogP contribution in [0.15, 0.2) is 24.3 Å². The van der Waals surface area contributed by atoms with Gasteiger partial charge in [0.15, 0.2) is 23.0 Å². The lowest BCUT2D eigenvalue weighted by atomic mass is 9.62. The number of hydrogen-bond donors (Lipinski definition) is 2. The minimum atomic E-state index is -0.397. The van der Waals surface area contributed by atoms with Crippen LogP contribution in [0.1, 0.15) is 40.5 Å². The Morgan fingerprint density at radius 1 is 1.00 bits per heavy atom. The van der Waals surface area contributed by atoms with E-state index in [2.05, 4.69) is 37.0 Å². The van der Waals surface area contributed by atoms with E-state index in [1.807, 2.05) is 6.07 Å². The summed E-state index contributed by atoms with van der Waals surface area (Å²) in [6.45, 7) is 2.99. The van der Waals surface area contributed by atoms with Crippen molar-refractivity contribution in [3.8, 4) is 23.0 Å². The van der Waals surface area contributed by atoms with Crippen LogP contribution in [0.5, 0.6) is 23.0 Å². The molecular weight excluding hydrogens is 476 g/mol. The van der Waals surface area contributed by atoms with Crippen LogP contribution in [0.3, 0.4) is 0 Å². The van der Waals surface area contributed by atoms with Gasteiger partial charge in [-0.25, -0.2) is 0 Å². The summed E-state index contributed by atoms with van der Waals surface area (Å²) in [6.07, 6.45) is 0.877. The van der Waals surface area contributed by atoms with E-state index in [0.717, 1.165) is 42.7 Å². The van der Waals surface area contributed by atoms with Crippen molar-refractivity contribution in [1.29, 1.82) is 0 Å². The Labute approximate surface area is 217 Å². The molecule has 0 spiro atoms. The Kier molecular flexibility index (Phi) is 7.20. The maximum absolute atomic E-state index is 13.2. The summed E-state index contributed by atoms with van der Waals surface area (Å²) < 4.78 is 22.6. The molecule has 0 bridgehead atoms. The SMILES string of the molecule is COc1cc(C2c3cc4c(cc3[C@@H](CCN(C)CCN(C)C)[C@H]3COC(=O)[C@H]23)OCO4)cc(CO)c1O. The van der Waals surface area contributed by atoms with Gasteiger partial charge >= 0.3 is 5.97 Å². The van der Waals surface area contributed by atoms with Gasteiger partial charge in [-0.2, -0.15) is 0 Å². The number of carbonyl (C=O) groups excluding carboxylic acids is 1. The second-order valence-corrected chi connectivity index (χ2v) is 10.5. The molecule has 0 radical (unpaired) electrons. The number of aromatic hydroxyl groups is 1. The molecule has 5 rings (SSSR count). The number of cyclic esters (lactones) is 1. The lowest BCUT2D eigenvalue weighted by Gasteiger charge is -2.40. The van der Waals surface area contributed by atoms with Crippen LogP contribution in [0.2, 0.25) is 0 Å². The standard InChI is InChI=1S/C28H36N2O7/c1-29(2)7-8-30(3)6-5-18-19-11-22-23(37-15-36-22)12-20(19)25(26-21(18)14-35-28(26)33)16-9-17(13-31)27(32)24(10-16)34-4/h9-12,18,21,25-26,31-32H,5-8,13-15H2,1-4H3/t18-,21-,25?,26+/m1/s1. The number of fused-ring (bicyclic) bond motifs is 3. The first kappa shape index (κ1) is 25.6. The fourth-order valence-corrected chi connectivity index (χ4v) is 6.03. The first-order valence-corrected chi connectivity index (χ1v) is 12.8. The minimum absolute atomic E-state index is 0.00926. The number of phenols is 1. The van der Waals surface area contributed by atoms with Crippen molar-refractivity contribution in [1.82, 2.24) is 9.80 Å². The average molecular weight is 513 g/mol. The highest BCUT2D eigenvalue weighted by Gasteiger charge is 2.52. The van der Waals surface area contributed by atoms with E-state index >= 15 is 0 Å². The Morgan fingerprint density at radius 2 is 1.73 bits per heavy atom. The molecule has 9 nitrogen and oxygen atoms in total. The molecule has 4 atom stereocenters. The zero-order valence-electron chi connectivity index (χ0n) is 21.9. The molecule has 0 aromatic heterocycles. The Hall–Kier alpha value is -3.01. The number of aliphatic hydroxyl groups is 1. The molecule has 1 aliphatic carbocycles. The predicted octanol–water partition coefficient (Wildman–Crippen LogP) is 2.52. The van der Waals surface area contributed by atoms with E-state index in [1.165, 1.54) is 7.11 Å². The van der Waals surface area contributed by atoms with Gasteiger partial charge in [0.2, 0.25) is 6.79 Å². The molecule has 1 fully saturated rings. The van der Waals surface area contributed by atoms with Crippen molar-refractivity contribution in [3.63, 3.8) is 0 Å². The normalized spacial score (nSPS) is 23.8. The second-order valence-electron chi connectivity index (χ2n) is 10.5. The zero-order chi connectivity index (χ0) is 26.3. The third-order valence-electron chi connectivity index (χ3n) is 8.02. The van der Waals surface area contributed by atoms with E-state index in [9.17, 15) is 15.0 Å². The number of hydrogen-bond acceptors (Lipinski definition) is 9. The Bertz CT molecular complexity index is 1140. The number of methoxy groups -OCH3 is 1. The Morgan fingerprint density at radius 3 is 2.41 bits per heavy atom. The van der Waals surface area contributed by atoms with Crippen LogP contribution in [0, 0.1) is 11.8 Å². The number of benzene rings is 2. The molecule has 9 heteroatoms. The fraction of sp³-hybridized carbons (Fsp3) is 0.536. The smallest absolute Gasteiger partial charge is 0.310 e. The highest BCUT2D eigenvalue weighted by Crippen LogP contribution is 2.56. The highest BCUT2D eigenvalue weighted by molar-refractivity contribution is 5.79. The number of carbonyl (C=O) groups is 1. The molecule has 0 saturated carbocycles. The van der Waals surface area contributed by atoms with Gasteiger partial charge in [-0.3, -0.25) is 4.79 Å². The number of esters is 1. The Balaban J connectivity index is 1.59. The molecule has 2 aliphatic heterocycles. The largest absolute Gasteiger partial charge is 0.504 e. The molecule has 2 aromatic carbocycles. The van der Waals surface area contributed by atoms with E-state index in [0.29, 0.717) is 23.7 Å². The van der Waals surface area contributed by atoms with E-state index in [1.54, 1.807) is 12.1 Å². The van der Waals surface area contributed by atoms with E-state index in [4.69, 9.17) is 18.9 Å². The van der Waals surface area contributed by atoms with Crippen molar-refractivity contribution < 1.29 is 34.0 Å². The summed E-state index contributed by atoms with van der Waals surface area (Å²) in [4.78, 5) is 17.7. The van der Waals surface area contributed by atoms with Crippen molar-refractivity contribution in [2.24, 2.45) is 11.8 Å². The molecule has 200 valence electrons. The minimum Gasteiger partial charge on any atom is -0.504 e. The molecular formula is C28H36N2O7. The molecule has 2 N–H and O–H groups in total. The number of ether oxygens (including phenoxy) is 4. The number of rotatable bonds is 9. The van der Waals surface area contributed by atoms with Gasteiger partial charge in [0.1, 0.15) is 0 Å². The van der Waals surface area contributed by atoms with Crippen LogP contribution in [0.25, 0.3) is 0 Å². The third kappa shape index (κ3) is 4.71. The third-order valence-corrected chi connectivity index (χ3v) is 8.02.